The number of aryl methyl sites for hydroxylation is 1. The second-order valence-electron chi connectivity index (χ2n) is 7.86. The van der Waals surface area contributed by atoms with E-state index >= 15 is 0 Å². The number of anilines is 1. The van der Waals surface area contributed by atoms with E-state index in [-0.39, 0.29) is 5.91 Å². The van der Waals surface area contributed by atoms with Crippen molar-refractivity contribution >= 4 is 44.8 Å². The monoisotopic (exact) mass is 446 g/mol. The van der Waals surface area contributed by atoms with Crippen molar-refractivity contribution in [1.29, 1.82) is 0 Å². The van der Waals surface area contributed by atoms with Crippen molar-refractivity contribution < 1.29 is 4.79 Å². The van der Waals surface area contributed by atoms with Crippen molar-refractivity contribution in [3.63, 3.8) is 0 Å². The molecule has 5 aromatic rings. The van der Waals surface area contributed by atoms with E-state index in [1.807, 2.05) is 91.0 Å². The molecule has 0 saturated heterocycles. The maximum atomic E-state index is 13.2. The van der Waals surface area contributed by atoms with Gasteiger partial charge in [-0.25, -0.2) is 4.98 Å². The zero-order valence-electron chi connectivity index (χ0n) is 18.2. The van der Waals surface area contributed by atoms with Crippen LogP contribution in [0.3, 0.4) is 0 Å². The van der Waals surface area contributed by atoms with E-state index in [9.17, 15) is 4.79 Å². The Morgan fingerprint density at radius 2 is 1.55 bits per heavy atom. The van der Waals surface area contributed by atoms with E-state index in [1.165, 1.54) is 10.3 Å². The molecule has 1 N–H and O–H groups in total. The van der Waals surface area contributed by atoms with Gasteiger partial charge in [0.25, 0.3) is 5.91 Å². The van der Waals surface area contributed by atoms with Crippen molar-refractivity contribution in [2.45, 2.75) is 6.92 Å². The van der Waals surface area contributed by atoms with Crippen molar-refractivity contribution in [2.24, 2.45) is 0 Å². The summed E-state index contributed by atoms with van der Waals surface area (Å²) in [6.07, 6.45) is 1.92. The van der Waals surface area contributed by atoms with E-state index < -0.39 is 0 Å². The normalized spacial score (nSPS) is 11.5. The number of thiazole rings is 1. The summed E-state index contributed by atoms with van der Waals surface area (Å²) in [5.74, 6) is -0.145. The molecule has 3 nitrogen and oxygen atoms in total. The van der Waals surface area contributed by atoms with E-state index in [2.05, 4.69) is 30.4 Å². The average molecular weight is 447 g/mol. The maximum absolute atomic E-state index is 13.2. The standard InChI is InChI=1S/C29H22N2OS/c1-20-12-17-26-27(18-20)33-29(31-26)23-13-15-24(16-14-23)30-28(32)25(22-10-6-3-7-11-22)19-21-8-4-2-5-9-21/h2-19H,1H3,(H,30,32). The second kappa shape index (κ2) is 9.23. The minimum atomic E-state index is -0.145. The van der Waals surface area contributed by atoms with Crippen molar-refractivity contribution in [2.75, 3.05) is 5.32 Å². The third kappa shape index (κ3) is 4.76. The third-order valence-electron chi connectivity index (χ3n) is 5.37. The minimum absolute atomic E-state index is 0.145. The molecule has 0 aliphatic rings. The Hall–Kier alpha value is -4.02. The number of rotatable bonds is 5. The number of hydrogen-bond donors (Lipinski definition) is 1. The van der Waals surface area contributed by atoms with Crippen LogP contribution < -0.4 is 5.32 Å². The number of hydrogen-bond acceptors (Lipinski definition) is 3. The lowest BCUT2D eigenvalue weighted by Gasteiger charge is -2.10. The van der Waals surface area contributed by atoms with Gasteiger partial charge < -0.3 is 5.32 Å². The fraction of sp³-hybridized carbons (Fsp3) is 0.0345. The van der Waals surface area contributed by atoms with Crippen molar-refractivity contribution in [3.05, 3.63) is 120 Å². The van der Waals surface area contributed by atoms with Gasteiger partial charge in [0, 0.05) is 16.8 Å². The molecule has 4 heteroatoms. The SMILES string of the molecule is Cc1ccc2nc(-c3ccc(NC(=O)C(=Cc4ccccc4)c4ccccc4)cc3)sc2c1. The largest absolute Gasteiger partial charge is 0.322 e. The number of carbonyl (C=O) groups excluding carboxylic acids is 1. The summed E-state index contributed by atoms with van der Waals surface area (Å²) in [5.41, 5.74) is 6.50. The number of fused-ring (bicyclic) bond motifs is 1. The molecule has 0 unspecified atom stereocenters. The van der Waals surface area contributed by atoms with Crippen LogP contribution in [0.5, 0.6) is 0 Å². The van der Waals surface area contributed by atoms with Gasteiger partial charge in [0.2, 0.25) is 0 Å². The molecule has 0 aliphatic heterocycles. The molecule has 4 aromatic carbocycles. The van der Waals surface area contributed by atoms with Crippen LogP contribution in [0.4, 0.5) is 5.69 Å². The zero-order chi connectivity index (χ0) is 22.6. The fourth-order valence-electron chi connectivity index (χ4n) is 3.66. The highest BCUT2D eigenvalue weighted by atomic mass is 32.1. The topological polar surface area (TPSA) is 42.0 Å². The molecule has 0 bridgehead atoms. The highest BCUT2D eigenvalue weighted by Crippen LogP contribution is 2.31. The molecule has 1 amide bonds. The van der Waals surface area contributed by atoms with E-state index in [0.29, 0.717) is 5.57 Å². The molecular formula is C29H22N2OS. The predicted octanol–water partition coefficient (Wildman–Crippen LogP) is 7.45. The summed E-state index contributed by atoms with van der Waals surface area (Å²) in [6.45, 7) is 2.09. The minimum Gasteiger partial charge on any atom is -0.322 e. The lowest BCUT2D eigenvalue weighted by Crippen LogP contribution is -2.13. The maximum Gasteiger partial charge on any atom is 0.256 e. The van der Waals surface area contributed by atoms with Gasteiger partial charge in [-0.15, -0.1) is 11.3 Å². The number of nitrogens with one attached hydrogen (secondary N) is 1. The van der Waals surface area contributed by atoms with E-state index in [0.717, 1.165) is 32.9 Å². The third-order valence-corrected chi connectivity index (χ3v) is 6.44. The Morgan fingerprint density at radius 1 is 0.848 bits per heavy atom. The summed E-state index contributed by atoms with van der Waals surface area (Å²) in [4.78, 5) is 18.0. The van der Waals surface area contributed by atoms with Crippen LogP contribution in [0.15, 0.2) is 103 Å². The van der Waals surface area contributed by atoms with Crippen LogP contribution in [-0.2, 0) is 4.79 Å². The average Bonchev–Trinajstić information content (AvgIpc) is 3.27. The predicted molar refractivity (Wildman–Crippen MR) is 139 cm³/mol. The molecule has 1 heterocycles. The zero-order valence-corrected chi connectivity index (χ0v) is 19.0. The van der Waals surface area contributed by atoms with Gasteiger partial charge in [-0.1, -0.05) is 66.7 Å². The van der Waals surface area contributed by atoms with Gasteiger partial charge in [0.05, 0.1) is 10.2 Å². The molecule has 0 aliphatic carbocycles. The van der Waals surface area contributed by atoms with Crippen LogP contribution >= 0.6 is 11.3 Å². The molecule has 0 radical (unpaired) electrons. The van der Waals surface area contributed by atoms with Gasteiger partial charge in [-0.05, 0) is 66.1 Å². The van der Waals surface area contributed by atoms with E-state index in [4.69, 9.17) is 4.98 Å². The van der Waals surface area contributed by atoms with Crippen LogP contribution in [0.2, 0.25) is 0 Å². The summed E-state index contributed by atoms with van der Waals surface area (Å²) in [6, 6.07) is 33.8. The Labute approximate surface area is 197 Å². The first kappa shape index (κ1) is 20.9. The molecular weight excluding hydrogens is 424 g/mol. The number of benzene rings is 4. The lowest BCUT2D eigenvalue weighted by molar-refractivity contribution is -0.111. The molecule has 160 valence electrons. The summed E-state index contributed by atoms with van der Waals surface area (Å²) in [5, 5.41) is 4.02. The first-order chi connectivity index (χ1) is 16.2. The Balaban J connectivity index is 1.40. The Kier molecular flexibility index (Phi) is 5.83. The Bertz CT molecular complexity index is 1440. The Morgan fingerprint density at radius 3 is 2.27 bits per heavy atom. The van der Waals surface area contributed by atoms with E-state index in [1.54, 1.807) is 11.3 Å². The number of aromatic nitrogens is 1. The number of carbonyl (C=O) groups is 1. The lowest BCUT2D eigenvalue weighted by atomic mass is 10.0. The summed E-state index contributed by atoms with van der Waals surface area (Å²) < 4.78 is 1.18. The molecule has 0 saturated carbocycles. The van der Waals surface area contributed by atoms with Gasteiger partial charge in [-0.3, -0.25) is 4.79 Å². The van der Waals surface area contributed by atoms with Crippen LogP contribution in [0, 0.1) is 6.92 Å². The molecule has 1 aromatic heterocycles. The van der Waals surface area contributed by atoms with Gasteiger partial charge in [0.1, 0.15) is 5.01 Å². The summed E-state index contributed by atoms with van der Waals surface area (Å²) >= 11 is 1.68. The molecule has 0 spiro atoms. The van der Waals surface area contributed by atoms with Crippen LogP contribution in [-0.4, -0.2) is 10.9 Å². The number of amides is 1. The molecule has 0 atom stereocenters. The first-order valence-electron chi connectivity index (χ1n) is 10.8. The first-order valence-corrected chi connectivity index (χ1v) is 11.6. The molecule has 0 fully saturated rings. The highest BCUT2D eigenvalue weighted by Gasteiger charge is 2.13. The van der Waals surface area contributed by atoms with Crippen LogP contribution in [0.1, 0.15) is 16.7 Å². The second-order valence-corrected chi connectivity index (χ2v) is 8.89. The van der Waals surface area contributed by atoms with Crippen molar-refractivity contribution in [1.82, 2.24) is 4.98 Å². The smallest absolute Gasteiger partial charge is 0.256 e. The van der Waals surface area contributed by atoms with Gasteiger partial charge >= 0.3 is 0 Å². The molecule has 33 heavy (non-hydrogen) atoms. The quantitative estimate of drug-likeness (QED) is 0.225. The van der Waals surface area contributed by atoms with Gasteiger partial charge in [0.15, 0.2) is 0 Å². The molecule has 5 rings (SSSR count). The van der Waals surface area contributed by atoms with Gasteiger partial charge in [-0.2, -0.15) is 0 Å². The van der Waals surface area contributed by atoms with Crippen LogP contribution in [0.25, 0.3) is 32.4 Å². The number of nitrogens with zero attached hydrogens (tertiary/aromatic N) is 1. The fourth-order valence-corrected chi connectivity index (χ4v) is 4.73. The summed E-state index contributed by atoms with van der Waals surface area (Å²) in [7, 11) is 0. The van der Waals surface area contributed by atoms with Crippen molar-refractivity contribution in [3.8, 4) is 10.6 Å². The highest BCUT2D eigenvalue weighted by molar-refractivity contribution is 7.21.